The molecule has 4 nitrogen and oxygen atoms in total. The van der Waals surface area contributed by atoms with E-state index in [1.807, 2.05) is 38.4 Å². The average Bonchev–Trinajstić information content (AvgIpc) is 2.33. The summed E-state index contributed by atoms with van der Waals surface area (Å²) in [6.45, 7) is 2.48. The third kappa shape index (κ3) is 2.72. The van der Waals surface area contributed by atoms with Gasteiger partial charge in [-0.2, -0.15) is 0 Å². The van der Waals surface area contributed by atoms with E-state index in [1.165, 1.54) is 0 Å². The van der Waals surface area contributed by atoms with Gasteiger partial charge in [0.15, 0.2) is 0 Å². The Balaban J connectivity index is 2.28. The Morgan fingerprint density at radius 1 is 1.35 bits per heavy atom. The SMILES string of the molecule is CNc1cc(Cn2ccc(C)cc2=O)ccn1. The molecule has 0 bridgehead atoms. The molecule has 0 aromatic carbocycles. The average molecular weight is 229 g/mol. The van der Waals surface area contributed by atoms with E-state index in [4.69, 9.17) is 0 Å². The minimum Gasteiger partial charge on any atom is -0.373 e. The molecule has 0 saturated carbocycles. The van der Waals surface area contributed by atoms with Gasteiger partial charge < -0.3 is 9.88 Å². The summed E-state index contributed by atoms with van der Waals surface area (Å²) < 4.78 is 1.68. The number of hydrogen-bond acceptors (Lipinski definition) is 3. The van der Waals surface area contributed by atoms with E-state index in [0.717, 1.165) is 16.9 Å². The summed E-state index contributed by atoms with van der Waals surface area (Å²) in [7, 11) is 1.82. The van der Waals surface area contributed by atoms with Gasteiger partial charge in [-0.05, 0) is 36.2 Å². The van der Waals surface area contributed by atoms with Crippen molar-refractivity contribution in [2.75, 3.05) is 12.4 Å². The molecule has 2 aromatic heterocycles. The highest BCUT2D eigenvalue weighted by Gasteiger charge is 1.99. The molecule has 0 amide bonds. The Bertz CT molecular complexity index is 575. The fourth-order valence-electron chi connectivity index (χ4n) is 1.64. The standard InChI is InChI=1S/C13H15N3O/c1-10-4-6-16(13(17)7-10)9-11-3-5-15-12(8-11)14-2/h3-8H,9H2,1-2H3,(H,14,15). The van der Waals surface area contributed by atoms with E-state index in [9.17, 15) is 4.79 Å². The first-order chi connectivity index (χ1) is 8.19. The van der Waals surface area contributed by atoms with Crippen LogP contribution in [0.5, 0.6) is 0 Å². The summed E-state index contributed by atoms with van der Waals surface area (Å²) in [4.78, 5) is 15.9. The fraction of sp³-hybridized carbons (Fsp3) is 0.231. The van der Waals surface area contributed by atoms with E-state index in [2.05, 4.69) is 10.3 Å². The van der Waals surface area contributed by atoms with Crippen molar-refractivity contribution in [2.45, 2.75) is 13.5 Å². The predicted octanol–water partition coefficient (Wildman–Crippen LogP) is 1.64. The summed E-state index contributed by atoms with van der Waals surface area (Å²) in [5, 5.41) is 2.98. The maximum atomic E-state index is 11.7. The normalized spacial score (nSPS) is 10.2. The molecule has 1 N–H and O–H groups in total. The van der Waals surface area contributed by atoms with Crippen LogP contribution in [0.3, 0.4) is 0 Å². The number of pyridine rings is 2. The summed E-state index contributed by atoms with van der Waals surface area (Å²) in [5.41, 5.74) is 2.06. The Labute approximate surface area is 99.9 Å². The number of rotatable bonds is 3. The van der Waals surface area contributed by atoms with Crippen molar-refractivity contribution < 1.29 is 0 Å². The number of nitrogens with zero attached hydrogens (tertiary/aromatic N) is 2. The molecule has 0 aliphatic carbocycles. The maximum absolute atomic E-state index is 11.7. The number of nitrogens with one attached hydrogen (secondary N) is 1. The monoisotopic (exact) mass is 229 g/mol. The molecule has 0 aliphatic rings. The van der Waals surface area contributed by atoms with Crippen molar-refractivity contribution in [1.82, 2.24) is 9.55 Å². The van der Waals surface area contributed by atoms with Crippen LogP contribution < -0.4 is 10.9 Å². The van der Waals surface area contributed by atoms with Gasteiger partial charge in [-0.1, -0.05) is 0 Å². The minimum atomic E-state index is 0.0211. The van der Waals surface area contributed by atoms with Gasteiger partial charge in [-0.15, -0.1) is 0 Å². The number of hydrogen-bond donors (Lipinski definition) is 1. The zero-order valence-corrected chi connectivity index (χ0v) is 9.97. The fourth-order valence-corrected chi connectivity index (χ4v) is 1.64. The Kier molecular flexibility index (Phi) is 3.23. The lowest BCUT2D eigenvalue weighted by atomic mass is 10.2. The molecule has 0 fully saturated rings. The van der Waals surface area contributed by atoms with Gasteiger partial charge in [0, 0.05) is 25.5 Å². The summed E-state index contributed by atoms with van der Waals surface area (Å²) in [6.07, 6.45) is 3.55. The van der Waals surface area contributed by atoms with Crippen molar-refractivity contribution in [3.05, 3.63) is 58.1 Å². The highest BCUT2D eigenvalue weighted by Crippen LogP contribution is 2.07. The smallest absolute Gasteiger partial charge is 0.251 e. The van der Waals surface area contributed by atoms with Gasteiger partial charge in [0.1, 0.15) is 5.82 Å². The van der Waals surface area contributed by atoms with Gasteiger partial charge in [0.2, 0.25) is 0 Å². The van der Waals surface area contributed by atoms with E-state index >= 15 is 0 Å². The van der Waals surface area contributed by atoms with Gasteiger partial charge in [0.05, 0.1) is 6.54 Å². The van der Waals surface area contributed by atoms with E-state index in [-0.39, 0.29) is 5.56 Å². The molecule has 0 saturated heterocycles. The number of anilines is 1. The second-order valence-electron chi connectivity index (χ2n) is 3.97. The predicted molar refractivity (Wildman–Crippen MR) is 68.3 cm³/mol. The lowest BCUT2D eigenvalue weighted by Crippen LogP contribution is -2.19. The molecule has 2 aromatic rings. The summed E-state index contributed by atoms with van der Waals surface area (Å²) >= 11 is 0. The van der Waals surface area contributed by atoms with Crippen molar-refractivity contribution >= 4 is 5.82 Å². The highest BCUT2D eigenvalue weighted by atomic mass is 16.1. The van der Waals surface area contributed by atoms with Crippen molar-refractivity contribution in [1.29, 1.82) is 0 Å². The molecule has 0 spiro atoms. The van der Waals surface area contributed by atoms with Gasteiger partial charge in [-0.3, -0.25) is 4.79 Å². The molecule has 0 aliphatic heterocycles. The van der Waals surface area contributed by atoms with Crippen LogP contribution in [0.4, 0.5) is 5.82 Å². The molecule has 88 valence electrons. The van der Waals surface area contributed by atoms with Crippen LogP contribution in [0.25, 0.3) is 0 Å². The summed E-state index contributed by atoms with van der Waals surface area (Å²) in [6, 6.07) is 7.42. The lowest BCUT2D eigenvalue weighted by Gasteiger charge is -2.07. The Hall–Kier alpha value is -2.10. The van der Waals surface area contributed by atoms with Crippen LogP contribution in [0.15, 0.2) is 41.5 Å². The molecule has 4 heteroatoms. The first kappa shape index (κ1) is 11.4. The summed E-state index contributed by atoms with van der Waals surface area (Å²) in [5.74, 6) is 0.808. The first-order valence-corrected chi connectivity index (χ1v) is 5.49. The quantitative estimate of drug-likeness (QED) is 0.870. The first-order valence-electron chi connectivity index (χ1n) is 5.49. The minimum absolute atomic E-state index is 0.0211. The molecule has 2 heterocycles. The van der Waals surface area contributed by atoms with Crippen molar-refractivity contribution in [2.24, 2.45) is 0 Å². The molecule has 2 rings (SSSR count). The third-order valence-corrected chi connectivity index (χ3v) is 2.59. The van der Waals surface area contributed by atoms with Crippen molar-refractivity contribution in [3.63, 3.8) is 0 Å². The molecule has 0 radical (unpaired) electrons. The highest BCUT2D eigenvalue weighted by molar-refractivity contribution is 5.36. The zero-order valence-electron chi connectivity index (χ0n) is 9.97. The topological polar surface area (TPSA) is 46.9 Å². The molecular formula is C13H15N3O. The number of aromatic nitrogens is 2. The van der Waals surface area contributed by atoms with Crippen LogP contribution in [0, 0.1) is 6.92 Å². The lowest BCUT2D eigenvalue weighted by molar-refractivity contribution is 0.756. The van der Waals surface area contributed by atoms with E-state index in [1.54, 1.807) is 16.8 Å². The molecule has 0 atom stereocenters. The number of aryl methyl sites for hydroxylation is 1. The van der Waals surface area contributed by atoms with Crippen molar-refractivity contribution in [3.8, 4) is 0 Å². The van der Waals surface area contributed by atoms with Crippen LogP contribution >= 0.6 is 0 Å². The Morgan fingerprint density at radius 2 is 2.18 bits per heavy atom. The van der Waals surface area contributed by atoms with Gasteiger partial charge in [0.25, 0.3) is 5.56 Å². The van der Waals surface area contributed by atoms with Crippen LogP contribution in [0.2, 0.25) is 0 Å². The largest absolute Gasteiger partial charge is 0.373 e. The Morgan fingerprint density at radius 3 is 2.88 bits per heavy atom. The van der Waals surface area contributed by atoms with Gasteiger partial charge in [-0.25, -0.2) is 4.98 Å². The molecular weight excluding hydrogens is 214 g/mol. The van der Waals surface area contributed by atoms with E-state index in [0.29, 0.717) is 6.54 Å². The molecule has 17 heavy (non-hydrogen) atoms. The zero-order chi connectivity index (χ0) is 12.3. The van der Waals surface area contributed by atoms with Crippen LogP contribution in [0.1, 0.15) is 11.1 Å². The third-order valence-electron chi connectivity index (χ3n) is 2.59. The van der Waals surface area contributed by atoms with E-state index < -0.39 is 0 Å². The van der Waals surface area contributed by atoms with Gasteiger partial charge >= 0.3 is 0 Å². The second kappa shape index (κ2) is 4.82. The maximum Gasteiger partial charge on any atom is 0.251 e. The van der Waals surface area contributed by atoms with Crippen LogP contribution in [-0.2, 0) is 6.54 Å². The second-order valence-corrected chi connectivity index (χ2v) is 3.97. The van der Waals surface area contributed by atoms with Crippen LogP contribution in [-0.4, -0.2) is 16.6 Å². The molecule has 0 unspecified atom stereocenters.